The number of hydrogen-bond acceptors (Lipinski definition) is 3. The molecular weight excluding hydrogens is 247 g/mol. The first-order valence-corrected chi connectivity index (χ1v) is 5.91. The van der Waals surface area contributed by atoms with Crippen molar-refractivity contribution in [3.8, 4) is 0 Å². The van der Waals surface area contributed by atoms with Gasteiger partial charge in [0.1, 0.15) is 0 Å². The Kier molecular flexibility index (Phi) is 7.94. The summed E-state index contributed by atoms with van der Waals surface area (Å²) in [5.74, 6) is 0. The minimum absolute atomic E-state index is 0. The van der Waals surface area contributed by atoms with E-state index in [0.29, 0.717) is 5.54 Å². The van der Waals surface area contributed by atoms with E-state index < -0.39 is 0 Å². The van der Waals surface area contributed by atoms with E-state index in [1.54, 1.807) is 0 Å². The molecule has 0 radical (unpaired) electrons. The first kappa shape index (κ1) is 16.5. The number of rotatable bonds is 1. The summed E-state index contributed by atoms with van der Waals surface area (Å²) in [6.45, 7) is 8.94. The highest BCUT2D eigenvalue weighted by Gasteiger charge is 2.38. The lowest BCUT2D eigenvalue weighted by atomic mass is 9.88. The quantitative estimate of drug-likeness (QED) is 0.785. The number of nitrogens with zero attached hydrogens (tertiary/aromatic N) is 1. The van der Waals surface area contributed by atoms with Crippen LogP contribution in [-0.2, 0) is 4.74 Å². The first-order chi connectivity index (χ1) is 6.87. The van der Waals surface area contributed by atoms with E-state index in [4.69, 9.17) is 4.74 Å². The van der Waals surface area contributed by atoms with Gasteiger partial charge in [-0.1, -0.05) is 6.92 Å². The lowest BCUT2D eigenvalue weighted by Gasteiger charge is -2.45. The van der Waals surface area contributed by atoms with Crippen molar-refractivity contribution in [3.05, 3.63) is 0 Å². The average Bonchev–Trinajstić information content (AvgIpc) is 2.42. The van der Waals surface area contributed by atoms with E-state index in [0.717, 1.165) is 19.8 Å². The second-order valence-corrected chi connectivity index (χ2v) is 4.45. The predicted octanol–water partition coefficient (Wildman–Crippen LogP) is 1.69. The topological polar surface area (TPSA) is 24.5 Å². The molecule has 1 spiro atoms. The van der Waals surface area contributed by atoms with Crippen LogP contribution in [0.1, 0.15) is 26.2 Å². The van der Waals surface area contributed by atoms with E-state index >= 15 is 0 Å². The van der Waals surface area contributed by atoms with Crippen LogP contribution < -0.4 is 5.32 Å². The summed E-state index contributed by atoms with van der Waals surface area (Å²) in [5.41, 5.74) is 0.406. The van der Waals surface area contributed by atoms with Crippen molar-refractivity contribution in [3.63, 3.8) is 0 Å². The first-order valence-electron chi connectivity index (χ1n) is 5.91. The second-order valence-electron chi connectivity index (χ2n) is 4.45. The molecular formula is C11H24Cl2N2O. The van der Waals surface area contributed by atoms with Gasteiger partial charge in [-0.25, -0.2) is 0 Å². The molecule has 3 nitrogen and oxygen atoms in total. The standard InChI is InChI=1S/C11H22N2O.2ClH/c1-2-13-7-3-6-12-10-11(13)4-8-14-9-5-11;;/h12H,2-10H2,1H3;2*1H. The Morgan fingerprint density at radius 3 is 2.56 bits per heavy atom. The third-order valence-corrected chi connectivity index (χ3v) is 3.71. The molecule has 0 atom stereocenters. The summed E-state index contributed by atoms with van der Waals surface area (Å²) >= 11 is 0. The lowest BCUT2D eigenvalue weighted by molar-refractivity contribution is -0.0206. The van der Waals surface area contributed by atoms with Crippen LogP contribution in [0.25, 0.3) is 0 Å². The van der Waals surface area contributed by atoms with Crippen LogP contribution in [0, 0.1) is 0 Å². The van der Waals surface area contributed by atoms with E-state index in [1.807, 2.05) is 0 Å². The van der Waals surface area contributed by atoms with Crippen LogP contribution >= 0.6 is 24.8 Å². The molecule has 0 aromatic heterocycles. The SMILES string of the molecule is CCN1CCCNCC12CCOCC2.Cl.Cl. The van der Waals surface area contributed by atoms with Crippen LogP contribution in [-0.4, -0.2) is 49.8 Å². The van der Waals surface area contributed by atoms with Gasteiger partial charge in [-0.3, -0.25) is 4.90 Å². The Bertz CT molecular complexity index is 187. The highest BCUT2D eigenvalue weighted by molar-refractivity contribution is 5.85. The van der Waals surface area contributed by atoms with Gasteiger partial charge in [-0.05, 0) is 38.9 Å². The van der Waals surface area contributed by atoms with Crippen molar-refractivity contribution < 1.29 is 4.74 Å². The molecule has 0 aliphatic carbocycles. The second kappa shape index (κ2) is 7.72. The smallest absolute Gasteiger partial charge is 0.0484 e. The largest absolute Gasteiger partial charge is 0.381 e. The fourth-order valence-corrected chi connectivity index (χ4v) is 2.80. The van der Waals surface area contributed by atoms with Crippen molar-refractivity contribution in [1.82, 2.24) is 10.2 Å². The number of halogens is 2. The molecule has 2 rings (SSSR count). The Morgan fingerprint density at radius 2 is 1.94 bits per heavy atom. The molecule has 1 N–H and O–H groups in total. The molecule has 2 saturated heterocycles. The van der Waals surface area contributed by atoms with E-state index in [9.17, 15) is 0 Å². The van der Waals surface area contributed by atoms with Crippen molar-refractivity contribution >= 4 is 24.8 Å². The average molecular weight is 271 g/mol. The molecule has 0 bridgehead atoms. The van der Waals surface area contributed by atoms with Gasteiger partial charge < -0.3 is 10.1 Å². The number of nitrogens with one attached hydrogen (secondary N) is 1. The minimum Gasteiger partial charge on any atom is -0.381 e. The molecule has 5 heteroatoms. The highest BCUT2D eigenvalue weighted by Crippen LogP contribution is 2.28. The van der Waals surface area contributed by atoms with Gasteiger partial charge in [0.25, 0.3) is 0 Å². The summed E-state index contributed by atoms with van der Waals surface area (Å²) in [6.07, 6.45) is 3.69. The van der Waals surface area contributed by atoms with Crippen LogP contribution in [0.2, 0.25) is 0 Å². The normalized spacial score (nSPS) is 25.3. The zero-order valence-corrected chi connectivity index (χ0v) is 11.7. The zero-order valence-electron chi connectivity index (χ0n) is 10.0. The summed E-state index contributed by atoms with van der Waals surface area (Å²) in [6, 6.07) is 0. The lowest BCUT2D eigenvalue weighted by Crippen LogP contribution is -2.56. The Morgan fingerprint density at radius 1 is 1.25 bits per heavy atom. The fraction of sp³-hybridized carbons (Fsp3) is 1.00. The van der Waals surface area contributed by atoms with Gasteiger partial charge in [-0.2, -0.15) is 0 Å². The predicted molar refractivity (Wildman–Crippen MR) is 72.0 cm³/mol. The highest BCUT2D eigenvalue weighted by atomic mass is 35.5. The molecule has 0 amide bonds. The van der Waals surface area contributed by atoms with Crippen LogP contribution in [0.15, 0.2) is 0 Å². The third-order valence-electron chi connectivity index (χ3n) is 3.71. The molecule has 2 fully saturated rings. The number of likely N-dealkylation sites (N-methyl/N-ethyl adjacent to an activating group) is 1. The van der Waals surface area contributed by atoms with Gasteiger partial charge >= 0.3 is 0 Å². The Hall–Kier alpha value is 0.460. The van der Waals surface area contributed by atoms with Gasteiger partial charge in [-0.15, -0.1) is 24.8 Å². The fourth-order valence-electron chi connectivity index (χ4n) is 2.80. The summed E-state index contributed by atoms with van der Waals surface area (Å²) in [4.78, 5) is 2.66. The molecule has 98 valence electrons. The third kappa shape index (κ3) is 3.47. The van der Waals surface area contributed by atoms with Crippen LogP contribution in [0.5, 0.6) is 0 Å². The monoisotopic (exact) mass is 270 g/mol. The summed E-state index contributed by atoms with van der Waals surface area (Å²) < 4.78 is 5.48. The molecule has 0 saturated carbocycles. The van der Waals surface area contributed by atoms with Crippen molar-refractivity contribution in [2.75, 3.05) is 39.4 Å². The molecule has 2 heterocycles. The Labute approximate surface area is 111 Å². The van der Waals surface area contributed by atoms with Crippen molar-refractivity contribution in [2.45, 2.75) is 31.7 Å². The van der Waals surface area contributed by atoms with E-state index in [1.165, 1.54) is 38.9 Å². The van der Waals surface area contributed by atoms with Gasteiger partial charge in [0.2, 0.25) is 0 Å². The van der Waals surface area contributed by atoms with Crippen molar-refractivity contribution in [1.29, 1.82) is 0 Å². The summed E-state index contributed by atoms with van der Waals surface area (Å²) in [5, 5.41) is 3.57. The molecule has 0 aromatic carbocycles. The maximum atomic E-state index is 5.48. The molecule has 0 unspecified atom stereocenters. The maximum Gasteiger partial charge on any atom is 0.0484 e. The Balaban J connectivity index is 0.00000112. The number of ether oxygens (including phenoxy) is 1. The van der Waals surface area contributed by atoms with Crippen LogP contribution in [0.4, 0.5) is 0 Å². The van der Waals surface area contributed by atoms with E-state index in [-0.39, 0.29) is 24.8 Å². The van der Waals surface area contributed by atoms with Gasteiger partial charge in [0.15, 0.2) is 0 Å². The molecule has 2 aliphatic rings. The molecule has 0 aromatic rings. The molecule has 2 aliphatic heterocycles. The maximum absolute atomic E-state index is 5.48. The van der Waals surface area contributed by atoms with Gasteiger partial charge in [0, 0.05) is 25.3 Å². The minimum atomic E-state index is 0. The van der Waals surface area contributed by atoms with Gasteiger partial charge in [0.05, 0.1) is 0 Å². The van der Waals surface area contributed by atoms with Crippen LogP contribution in [0.3, 0.4) is 0 Å². The molecule has 16 heavy (non-hydrogen) atoms. The summed E-state index contributed by atoms with van der Waals surface area (Å²) in [7, 11) is 0. The van der Waals surface area contributed by atoms with Crippen molar-refractivity contribution in [2.24, 2.45) is 0 Å². The zero-order chi connectivity index (χ0) is 9.86. The van der Waals surface area contributed by atoms with E-state index in [2.05, 4.69) is 17.1 Å². The number of hydrogen-bond donors (Lipinski definition) is 1.